The number of nitrogen functional groups attached to an aromatic ring is 1. The molecule has 0 amide bonds. The molecule has 77 heavy (non-hydrogen) atoms. The first-order valence-electron chi connectivity index (χ1n) is 23.7. The fourth-order valence-electron chi connectivity index (χ4n) is 7.33. The summed E-state index contributed by atoms with van der Waals surface area (Å²) < 4.78 is 38.9. The zero-order valence-electron chi connectivity index (χ0n) is 41.1. The van der Waals surface area contributed by atoms with Crippen molar-refractivity contribution in [2.24, 2.45) is 5.73 Å². The number of nitrogens with two attached hydrogens (primary N) is 2. The summed E-state index contributed by atoms with van der Waals surface area (Å²) in [7, 11) is 0. The highest BCUT2D eigenvalue weighted by Crippen LogP contribution is 2.35. The molecule has 0 aliphatic carbocycles. The Morgan fingerprint density at radius 1 is 0.571 bits per heavy atom. The van der Waals surface area contributed by atoms with E-state index in [4.69, 9.17) is 54.9 Å². The highest BCUT2D eigenvalue weighted by molar-refractivity contribution is 9.10. The summed E-state index contributed by atoms with van der Waals surface area (Å²) in [4.78, 5) is 42.5. The third kappa shape index (κ3) is 17.5. The van der Waals surface area contributed by atoms with Gasteiger partial charge in [-0.05, 0) is 73.0 Å². The van der Waals surface area contributed by atoms with Crippen LogP contribution in [-0.4, -0.2) is 118 Å². The van der Waals surface area contributed by atoms with Gasteiger partial charge in [-0.2, -0.15) is 4.39 Å². The van der Waals surface area contributed by atoms with Crippen LogP contribution < -0.4 is 32.3 Å². The Kier molecular flexibility index (Phi) is 22.2. The number of hydrogen-bond acceptors (Lipinski definition) is 17. The van der Waals surface area contributed by atoms with Crippen molar-refractivity contribution in [2.45, 2.75) is 43.1 Å². The second kappa shape index (κ2) is 29.1. The molecule has 0 atom stereocenters. The number of ether oxygens (including phenoxy) is 5. The molecule has 0 unspecified atom stereocenters. The molecule has 5 aromatic carbocycles. The Morgan fingerprint density at radius 2 is 0.987 bits per heavy atom. The highest BCUT2D eigenvalue weighted by atomic mass is 79.9. The van der Waals surface area contributed by atoms with E-state index in [1.165, 1.54) is 48.0 Å². The fourth-order valence-corrected chi connectivity index (χ4v) is 8.03. The maximum Gasteiger partial charge on any atom is 0.304 e. The second-order valence-corrected chi connectivity index (χ2v) is 19.4. The monoisotopic (exact) mass is 1190 g/mol. The van der Waals surface area contributed by atoms with Gasteiger partial charge in [0.2, 0.25) is 5.82 Å². The minimum atomic E-state index is -0.829. The van der Waals surface area contributed by atoms with Gasteiger partial charge in [0.25, 0.3) is 11.4 Å². The van der Waals surface area contributed by atoms with Crippen molar-refractivity contribution in [1.29, 1.82) is 0 Å². The summed E-state index contributed by atoms with van der Waals surface area (Å²) in [6, 6.07) is 25.4. The lowest BCUT2D eigenvalue weighted by atomic mass is 9.99. The van der Waals surface area contributed by atoms with Gasteiger partial charge in [0.15, 0.2) is 17.1 Å². The predicted molar refractivity (Wildman–Crippen MR) is 294 cm³/mol. The average Bonchev–Trinajstić information content (AvgIpc) is 3.35. The maximum absolute atomic E-state index is 12.6. The summed E-state index contributed by atoms with van der Waals surface area (Å²) >= 11 is 6.26. The molecule has 6 aliphatic heterocycles. The first kappa shape index (κ1) is 58.7. The zero-order valence-corrected chi connectivity index (χ0v) is 44.3. The number of rotatable bonds is 10. The standard InChI is InChI=1S/C13H14N2O.C10H9N3O3.C10H11N3O.C9H9BrN2O3.C6H3BrFNO2.C3H7NO/c1-14-11-5-4-10-3-2-6-15(13(10)7-11)12-8-16-9-12;1-11-7-2-3-10(13(14)15)9(4-7)12-8-5-16-6-8;1-12-7-2-3-9(11)10(4-7)13-8-5-14-6-8;10-6-1-2-9(12(13)14)8(3-6)11-7-4-15-5-7;7-4-1-2-6(9(10)11)5(8)3-4;4-3-1-5-2-3/h4-5,7,12H,2-3,6,8-9H2;2-4,8,12H,5-6H2;2-4,8,13H,5-6,11H2;1-3,7,11H,4-5H2;1-3H;3H,1-2,4H2. The molecule has 0 aromatic heterocycles. The Hall–Kier alpha value is -7.58. The maximum atomic E-state index is 12.6. The molecule has 404 valence electrons. The van der Waals surface area contributed by atoms with E-state index in [1.807, 2.05) is 12.1 Å². The number of benzene rings is 5. The number of fused-ring (bicyclic) bond motifs is 1. The minimum absolute atomic E-state index is 0.0145. The summed E-state index contributed by atoms with van der Waals surface area (Å²) in [5.74, 6) is -0.829. The Labute approximate surface area is 459 Å². The van der Waals surface area contributed by atoms with Crippen LogP contribution in [-0.2, 0) is 30.1 Å². The van der Waals surface area contributed by atoms with Crippen molar-refractivity contribution in [2.75, 3.05) is 99.2 Å². The number of halogens is 3. The molecule has 6 aliphatic rings. The van der Waals surface area contributed by atoms with Crippen LogP contribution in [0.4, 0.5) is 67.0 Å². The highest BCUT2D eigenvalue weighted by Gasteiger charge is 2.30. The topological polar surface area (TPSA) is 280 Å². The van der Waals surface area contributed by atoms with Gasteiger partial charge in [0.05, 0.1) is 136 Å². The molecule has 0 saturated carbocycles. The van der Waals surface area contributed by atoms with Crippen LogP contribution in [0.3, 0.4) is 0 Å². The fraction of sp³-hybridized carbons (Fsp3) is 0.353. The van der Waals surface area contributed by atoms with Crippen LogP contribution >= 0.6 is 31.9 Å². The Balaban J connectivity index is 0.000000153. The van der Waals surface area contributed by atoms with Crippen molar-refractivity contribution in [1.82, 2.24) is 0 Å². The molecular formula is C51H53Br2FN12O11. The van der Waals surface area contributed by atoms with Gasteiger partial charge < -0.3 is 56.0 Å². The number of nitrogens with zero attached hydrogens (tertiary/aromatic N) is 7. The number of aryl methyl sites for hydroxylation is 1. The van der Waals surface area contributed by atoms with E-state index in [9.17, 15) is 34.7 Å². The summed E-state index contributed by atoms with van der Waals surface area (Å²) in [6.07, 6.45) is 2.35. The quantitative estimate of drug-likeness (QED) is 0.0376. The molecule has 23 nitrogen and oxygen atoms in total. The van der Waals surface area contributed by atoms with Crippen LogP contribution in [0.1, 0.15) is 12.0 Å². The third-order valence-corrected chi connectivity index (χ3v) is 12.8. The Bertz CT molecular complexity index is 3000. The number of hydrogen-bond donors (Lipinski definition) is 5. The molecule has 0 bridgehead atoms. The van der Waals surface area contributed by atoms with Gasteiger partial charge in [-0.25, -0.2) is 14.5 Å². The summed E-state index contributed by atoms with van der Waals surface area (Å²) in [5, 5.41) is 40.9. The summed E-state index contributed by atoms with van der Waals surface area (Å²) in [5.41, 5.74) is 17.4. The second-order valence-electron chi connectivity index (χ2n) is 17.6. The predicted octanol–water partition coefficient (Wildman–Crippen LogP) is 9.98. The number of nitro groups is 3. The molecule has 5 saturated heterocycles. The third-order valence-electron chi connectivity index (χ3n) is 11.8. The van der Waals surface area contributed by atoms with Crippen LogP contribution in [0.25, 0.3) is 14.5 Å². The normalized spacial score (nSPS) is 16.2. The van der Waals surface area contributed by atoms with Crippen molar-refractivity contribution >= 4 is 94.4 Å². The van der Waals surface area contributed by atoms with E-state index >= 15 is 0 Å². The molecule has 6 heterocycles. The minimum Gasteiger partial charge on any atom is -0.397 e. The molecule has 5 fully saturated rings. The van der Waals surface area contributed by atoms with Crippen molar-refractivity contribution in [3.63, 3.8) is 0 Å². The van der Waals surface area contributed by atoms with Crippen LogP contribution in [0.2, 0.25) is 0 Å². The number of anilines is 5. The smallest absolute Gasteiger partial charge is 0.304 e. The van der Waals surface area contributed by atoms with E-state index < -0.39 is 26.3 Å². The lowest BCUT2D eigenvalue weighted by molar-refractivity contribution is -0.387. The van der Waals surface area contributed by atoms with Crippen molar-refractivity contribution in [3.8, 4) is 0 Å². The van der Waals surface area contributed by atoms with E-state index in [1.54, 1.807) is 30.3 Å². The first-order chi connectivity index (χ1) is 37.0. The molecular weight excluding hydrogens is 1140 g/mol. The average molecular weight is 1190 g/mol. The van der Waals surface area contributed by atoms with Crippen LogP contribution in [0, 0.1) is 55.9 Å². The van der Waals surface area contributed by atoms with Gasteiger partial charge in [-0.1, -0.05) is 50.1 Å². The van der Waals surface area contributed by atoms with Gasteiger partial charge in [-0.15, -0.1) is 0 Å². The number of nitro benzene ring substituents is 3. The molecule has 0 radical (unpaired) electrons. The molecule has 26 heteroatoms. The molecule has 7 N–H and O–H groups in total. The Morgan fingerprint density at radius 3 is 1.43 bits per heavy atom. The van der Waals surface area contributed by atoms with Gasteiger partial charge in [-0.3, -0.25) is 30.3 Å². The molecule has 5 aromatic rings. The largest absolute Gasteiger partial charge is 0.397 e. The van der Waals surface area contributed by atoms with Crippen LogP contribution in [0.5, 0.6) is 0 Å². The van der Waals surface area contributed by atoms with Crippen LogP contribution in [0.15, 0.2) is 99.9 Å². The van der Waals surface area contributed by atoms with E-state index in [2.05, 4.69) is 73.3 Å². The summed E-state index contributed by atoms with van der Waals surface area (Å²) in [6.45, 7) is 28.8. The van der Waals surface area contributed by atoms with E-state index in [0.717, 1.165) is 67.4 Å². The lowest BCUT2D eigenvalue weighted by Crippen LogP contribution is -2.51. The molecule has 0 spiro atoms. The van der Waals surface area contributed by atoms with E-state index in [-0.39, 0.29) is 23.5 Å². The lowest BCUT2D eigenvalue weighted by Gasteiger charge is -2.42. The SMILES string of the molecule is NC1COC1.O=[N+]([O-])c1ccc(Br)cc1F.O=[N+]([O-])c1ccc(Br)cc1NC1COC1.[C-]#[N+]c1ccc(N)c(NC2COC2)c1.[C-]#[N+]c1ccc([N+](=O)[O-])c(NC2COC2)c1.[C-]#[N+]c1ccc2c(c1)N(C1COC1)CCC2. The van der Waals surface area contributed by atoms with Gasteiger partial charge in [0, 0.05) is 45.1 Å². The molecule has 11 rings (SSSR count). The van der Waals surface area contributed by atoms with E-state index in [0.29, 0.717) is 90.7 Å². The number of nitrogens with one attached hydrogen (secondary N) is 3. The van der Waals surface area contributed by atoms with Crippen molar-refractivity contribution < 1.29 is 42.8 Å². The van der Waals surface area contributed by atoms with Gasteiger partial charge >= 0.3 is 5.69 Å². The first-order valence-corrected chi connectivity index (χ1v) is 25.3. The van der Waals surface area contributed by atoms with Gasteiger partial charge in [0.1, 0.15) is 11.4 Å². The van der Waals surface area contributed by atoms with Crippen molar-refractivity contribution in [3.05, 3.63) is 176 Å². The zero-order chi connectivity index (χ0) is 55.4.